The van der Waals surface area contributed by atoms with Crippen LogP contribution in [0.25, 0.3) is 0 Å². The van der Waals surface area contributed by atoms with Gasteiger partial charge in [-0.3, -0.25) is 0 Å². The van der Waals surface area contributed by atoms with Crippen molar-refractivity contribution in [3.63, 3.8) is 0 Å². The van der Waals surface area contributed by atoms with Crippen LogP contribution in [0, 0.1) is 45.3 Å². The number of hydrogen-bond acceptors (Lipinski definition) is 4. The number of allylic oxidation sites excluding steroid dienone is 4. The maximum absolute atomic E-state index is 7.51. The molecule has 0 aromatic rings. The predicted octanol–water partition coefficient (Wildman–Crippen LogP) is 4.16. The summed E-state index contributed by atoms with van der Waals surface area (Å²) in [6, 6.07) is 6.78. The van der Waals surface area contributed by atoms with Crippen LogP contribution in [0.2, 0.25) is 0 Å². The first-order chi connectivity index (χ1) is 9.07. The Balaban J connectivity index is -0.0000000432. The van der Waals surface area contributed by atoms with E-state index in [-0.39, 0.29) is 15.1 Å². The summed E-state index contributed by atoms with van der Waals surface area (Å²) in [6.07, 6.45) is 4.72. The minimum absolute atomic E-state index is 0.346. The number of halogens is 2. The fourth-order valence-electron chi connectivity index (χ4n) is 0. The molecule has 7 heteroatoms. The van der Waals surface area contributed by atoms with Crippen molar-refractivity contribution in [1.82, 2.24) is 0 Å². The van der Waals surface area contributed by atoms with Crippen molar-refractivity contribution in [3.8, 4) is 24.3 Å². The average Bonchev–Trinajstić information content (AvgIpc) is 2.48. The molecule has 0 amide bonds. The molecule has 0 N–H and O–H groups in total. The van der Waals surface area contributed by atoms with Crippen LogP contribution in [0.1, 0.15) is 0 Å². The van der Waals surface area contributed by atoms with Crippen molar-refractivity contribution >= 4 is 19.4 Å². The summed E-state index contributed by atoms with van der Waals surface area (Å²) >= 11 is -0.346. The fourth-order valence-corrected chi connectivity index (χ4v) is 0. The minimum atomic E-state index is -0.346. The Morgan fingerprint density at radius 3 is 0.684 bits per heavy atom. The Morgan fingerprint density at radius 2 is 0.684 bits per heavy atom. The van der Waals surface area contributed by atoms with Gasteiger partial charge in [-0.15, -0.1) is 0 Å². The van der Waals surface area contributed by atoms with E-state index in [4.69, 9.17) is 40.4 Å². The second-order valence-corrected chi connectivity index (χ2v) is 4.02. The van der Waals surface area contributed by atoms with Crippen molar-refractivity contribution in [3.05, 3.63) is 50.6 Å². The molecule has 0 rings (SSSR count). The van der Waals surface area contributed by atoms with E-state index in [1.807, 2.05) is 0 Å². The zero-order chi connectivity index (χ0) is 16.4. The predicted molar refractivity (Wildman–Crippen MR) is 74.9 cm³/mol. The zero-order valence-corrected chi connectivity index (χ0v) is 13.3. The van der Waals surface area contributed by atoms with Crippen LogP contribution in [-0.4, -0.2) is 0 Å². The molecule has 0 atom stereocenters. The maximum atomic E-state index is 7.51. The van der Waals surface area contributed by atoms with Gasteiger partial charge in [0.1, 0.15) is 0 Å². The molecule has 0 aliphatic rings. The topological polar surface area (TPSA) is 95.2 Å². The molecule has 0 saturated carbocycles. The standard InChI is InChI=1S/4C3H3N.2ClH.Ru/c4*1-2-3-4;;;/h4*2H,1H2;2*1H;/q;;;;;;+2/p-2. The Labute approximate surface area is 130 Å². The van der Waals surface area contributed by atoms with Crippen molar-refractivity contribution in [2.24, 2.45) is 0 Å². The van der Waals surface area contributed by atoms with Crippen LogP contribution in [0.4, 0.5) is 0 Å². The van der Waals surface area contributed by atoms with Crippen LogP contribution in [0.15, 0.2) is 50.6 Å². The summed E-state index contributed by atoms with van der Waals surface area (Å²) < 4.78 is 0. The first kappa shape index (κ1) is 30.3. The second kappa shape index (κ2) is 72.7. The molecular weight excluding hydrogens is 372 g/mol. The first-order valence-electron chi connectivity index (χ1n) is 3.95. The van der Waals surface area contributed by atoms with Crippen LogP contribution in [0.5, 0.6) is 0 Å². The summed E-state index contributed by atoms with van der Waals surface area (Å²) in [4.78, 5) is 0. The first-order valence-corrected chi connectivity index (χ1v) is 8.43. The fraction of sp³-hybridized carbons (Fsp3) is 0. The van der Waals surface area contributed by atoms with Gasteiger partial charge in [0.2, 0.25) is 0 Å². The van der Waals surface area contributed by atoms with Crippen LogP contribution in [0.3, 0.4) is 0 Å². The molecule has 0 aromatic heterocycles. The number of nitriles is 4. The Bertz CT molecular complexity index is 295. The molecule has 19 heavy (non-hydrogen) atoms. The van der Waals surface area contributed by atoms with Gasteiger partial charge in [0.05, 0.1) is 24.3 Å². The van der Waals surface area contributed by atoms with Gasteiger partial charge in [-0.25, -0.2) is 0 Å². The van der Waals surface area contributed by atoms with Crippen LogP contribution in [-0.2, 0) is 15.1 Å². The number of hydrogen-bond donors (Lipinski definition) is 0. The molecule has 0 saturated heterocycles. The quantitative estimate of drug-likeness (QED) is 0.463. The van der Waals surface area contributed by atoms with E-state index >= 15 is 0 Å². The van der Waals surface area contributed by atoms with E-state index < -0.39 is 0 Å². The third kappa shape index (κ3) is 713. The van der Waals surface area contributed by atoms with Gasteiger partial charge in [-0.05, 0) is 0 Å². The van der Waals surface area contributed by atoms with Gasteiger partial charge in [0.15, 0.2) is 0 Å². The number of rotatable bonds is 0. The molecule has 0 spiro atoms. The molecule has 0 heterocycles. The van der Waals surface area contributed by atoms with E-state index in [0.29, 0.717) is 0 Å². The molecule has 0 fully saturated rings. The van der Waals surface area contributed by atoms with Gasteiger partial charge in [-0.2, -0.15) is 21.0 Å². The second-order valence-electron chi connectivity index (χ2n) is 1.38. The van der Waals surface area contributed by atoms with Crippen molar-refractivity contribution in [2.75, 3.05) is 0 Å². The molecule has 102 valence electrons. The van der Waals surface area contributed by atoms with E-state index in [0.717, 1.165) is 0 Å². The van der Waals surface area contributed by atoms with Gasteiger partial charge in [-0.1, -0.05) is 26.3 Å². The summed E-state index contributed by atoms with van der Waals surface area (Å²) in [5.41, 5.74) is 0. The van der Waals surface area contributed by atoms with Crippen molar-refractivity contribution < 1.29 is 15.1 Å². The molecule has 0 aromatic carbocycles. The number of nitrogens with zero attached hydrogens (tertiary/aromatic N) is 4. The van der Waals surface area contributed by atoms with Gasteiger partial charge in [0.25, 0.3) is 0 Å². The van der Waals surface area contributed by atoms with E-state index in [1.165, 1.54) is 24.3 Å². The summed E-state index contributed by atoms with van der Waals surface area (Å²) in [6.45, 7) is 12.5. The van der Waals surface area contributed by atoms with Gasteiger partial charge < -0.3 is 0 Å². The van der Waals surface area contributed by atoms with Crippen molar-refractivity contribution in [2.45, 2.75) is 0 Å². The summed E-state index contributed by atoms with van der Waals surface area (Å²) in [5, 5.41) is 30.0. The third-order valence-corrected chi connectivity index (χ3v) is 0.365. The summed E-state index contributed by atoms with van der Waals surface area (Å²) in [5.74, 6) is 0. The van der Waals surface area contributed by atoms with Gasteiger partial charge >= 0.3 is 34.5 Å². The molecule has 0 radical (unpaired) electrons. The van der Waals surface area contributed by atoms with Crippen molar-refractivity contribution in [1.29, 1.82) is 21.0 Å². The summed E-state index contributed by atoms with van der Waals surface area (Å²) in [7, 11) is 9.71. The van der Waals surface area contributed by atoms with E-state index in [2.05, 4.69) is 26.3 Å². The molecular formula is C12H12Cl2N4Ru. The van der Waals surface area contributed by atoms with Gasteiger partial charge in [0, 0.05) is 24.3 Å². The molecule has 0 aliphatic carbocycles. The SMILES string of the molecule is C=CC#N.C=CC#N.C=CC#N.C=CC#N.[Cl][Ru][Cl]. The monoisotopic (exact) mass is 384 g/mol. The average molecular weight is 384 g/mol. The molecule has 0 unspecified atom stereocenters. The molecule has 4 nitrogen and oxygen atoms in total. The Morgan fingerprint density at radius 1 is 0.632 bits per heavy atom. The van der Waals surface area contributed by atoms with Crippen LogP contribution >= 0.6 is 19.4 Å². The Kier molecular flexibility index (Phi) is 116. The third-order valence-electron chi connectivity index (χ3n) is 0.365. The molecule has 0 aliphatic heterocycles. The van der Waals surface area contributed by atoms with Crippen LogP contribution < -0.4 is 0 Å². The van der Waals surface area contributed by atoms with E-state index in [9.17, 15) is 0 Å². The Hall–Kier alpha value is -1.88. The van der Waals surface area contributed by atoms with E-state index in [1.54, 1.807) is 24.3 Å². The molecule has 0 bridgehead atoms. The normalized spacial score (nSPS) is 4.32. The zero-order valence-electron chi connectivity index (χ0n) is 10.0.